The molecule has 1 aliphatic rings. The fourth-order valence-corrected chi connectivity index (χ4v) is 4.49. The van der Waals surface area contributed by atoms with Crippen molar-refractivity contribution in [1.82, 2.24) is 24.6 Å². The molecule has 0 unspecified atom stereocenters. The Morgan fingerprint density at radius 1 is 1.21 bits per heavy atom. The van der Waals surface area contributed by atoms with Gasteiger partial charge in [-0.2, -0.15) is 5.10 Å². The van der Waals surface area contributed by atoms with E-state index in [2.05, 4.69) is 15.1 Å². The van der Waals surface area contributed by atoms with Crippen molar-refractivity contribution in [2.45, 2.75) is 45.3 Å². The van der Waals surface area contributed by atoms with E-state index in [1.54, 1.807) is 29.3 Å². The zero-order chi connectivity index (χ0) is 23.2. The monoisotopic (exact) mass is 469 g/mol. The molecule has 11 heteroatoms. The van der Waals surface area contributed by atoms with Gasteiger partial charge in [-0.25, -0.2) is 24.2 Å². The second kappa shape index (κ2) is 8.14. The van der Waals surface area contributed by atoms with Crippen molar-refractivity contribution in [3.63, 3.8) is 0 Å². The first-order valence-corrected chi connectivity index (χ1v) is 11.5. The minimum atomic E-state index is -0.515. The van der Waals surface area contributed by atoms with Gasteiger partial charge < -0.3 is 18.8 Å². The molecule has 1 fully saturated rings. The summed E-state index contributed by atoms with van der Waals surface area (Å²) < 4.78 is 19.2. The first kappa shape index (κ1) is 21.4. The summed E-state index contributed by atoms with van der Waals surface area (Å²) in [6.07, 6.45) is 4.32. The zero-order valence-corrected chi connectivity index (χ0v) is 19.3. The fourth-order valence-electron chi connectivity index (χ4n) is 3.84. The van der Waals surface area contributed by atoms with E-state index in [1.807, 2.05) is 25.5 Å². The maximum Gasteiger partial charge on any atom is 0.410 e. The first-order valence-electron chi connectivity index (χ1n) is 10.6. The predicted octanol–water partition coefficient (Wildman–Crippen LogP) is 4.36. The number of ether oxygens (including phenoxy) is 2. The number of amides is 1. The SMILES string of the molecule is CC(C)(C)OC(=O)N1CCC(n2ncc3c(Oc4ccc5sc(=O)oc5c4)ncnc32)CC1. The normalized spacial score (nSPS) is 15.3. The molecule has 1 saturated heterocycles. The van der Waals surface area contributed by atoms with Crippen molar-refractivity contribution in [1.29, 1.82) is 0 Å². The van der Waals surface area contributed by atoms with Gasteiger partial charge in [-0.15, -0.1) is 0 Å². The lowest BCUT2D eigenvalue weighted by Gasteiger charge is -2.33. The van der Waals surface area contributed by atoms with Crippen LogP contribution < -0.4 is 9.68 Å². The summed E-state index contributed by atoms with van der Waals surface area (Å²) in [6, 6.07) is 5.30. The molecule has 4 aromatic rings. The maximum atomic E-state index is 12.3. The van der Waals surface area contributed by atoms with E-state index in [9.17, 15) is 9.59 Å². The topological polar surface area (TPSA) is 113 Å². The van der Waals surface area contributed by atoms with Crippen LogP contribution in [0.15, 0.2) is 39.9 Å². The second-order valence-corrected chi connectivity index (χ2v) is 9.85. The Balaban J connectivity index is 1.33. The lowest BCUT2D eigenvalue weighted by Crippen LogP contribution is -2.42. The number of hydrogen-bond acceptors (Lipinski definition) is 9. The summed E-state index contributed by atoms with van der Waals surface area (Å²) in [5, 5.41) is 5.22. The van der Waals surface area contributed by atoms with Gasteiger partial charge in [-0.1, -0.05) is 11.3 Å². The van der Waals surface area contributed by atoms with E-state index < -0.39 is 5.60 Å². The molecule has 10 nitrogen and oxygen atoms in total. The third kappa shape index (κ3) is 4.40. The summed E-state index contributed by atoms with van der Waals surface area (Å²) in [4.78, 5) is 33.9. The number of piperidine rings is 1. The molecule has 3 aromatic heterocycles. The molecule has 5 rings (SSSR count). The van der Waals surface area contributed by atoms with Crippen LogP contribution in [0.1, 0.15) is 39.7 Å². The van der Waals surface area contributed by atoms with E-state index in [1.165, 1.54) is 6.33 Å². The molecule has 0 bridgehead atoms. The van der Waals surface area contributed by atoms with E-state index in [4.69, 9.17) is 13.9 Å². The number of aromatic nitrogens is 4. The van der Waals surface area contributed by atoms with Crippen molar-refractivity contribution in [2.24, 2.45) is 0 Å². The van der Waals surface area contributed by atoms with Gasteiger partial charge in [0.25, 0.3) is 0 Å². The molecular weight excluding hydrogens is 446 g/mol. The van der Waals surface area contributed by atoms with Crippen molar-refractivity contribution >= 4 is 38.7 Å². The number of nitrogens with zero attached hydrogens (tertiary/aromatic N) is 5. The lowest BCUT2D eigenvalue weighted by molar-refractivity contribution is 0.0186. The average Bonchev–Trinajstić information content (AvgIpc) is 3.35. The standard InChI is InChI=1S/C22H23N5O5S/c1-22(2,3)32-20(28)26-8-6-13(7-9-26)27-18-15(11-25-27)19(24-12-23-18)30-14-4-5-17-16(10-14)31-21(29)33-17/h4-5,10-13H,6-9H2,1-3H3. The van der Waals surface area contributed by atoms with Crippen LogP contribution in [-0.4, -0.2) is 49.4 Å². The van der Waals surface area contributed by atoms with Crippen LogP contribution in [0.4, 0.5) is 4.79 Å². The lowest BCUT2D eigenvalue weighted by atomic mass is 10.1. The highest BCUT2D eigenvalue weighted by atomic mass is 32.1. The largest absolute Gasteiger partial charge is 0.444 e. The van der Waals surface area contributed by atoms with Crippen molar-refractivity contribution in [3.8, 4) is 11.6 Å². The Hall–Kier alpha value is -3.47. The molecule has 0 saturated carbocycles. The minimum Gasteiger partial charge on any atom is -0.444 e. The highest BCUT2D eigenvalue weighted by molar-refractivity contribution is 7.16. The third-order valence-corrected chi connectivity index (χ3v) is 6.14. The average molecular weight is 470 g/mol. The second-order valence-electron chi connectivity index (χ2n) is 8.87. The Bertz CT molecular complexity index is 1380. The number of carbonyl (C=O) groups excluding carboxylic acids is 1. The van der Waals surface area contributed by atoms with Crippen LogP contribution in [0.3, 0.4) is 0 Å². The van der Waals surface area contributed by atoms with Gasteiger partial charge >= 0.3 is 11.0 Å². The molecule has 172 valence electrons. The molecule has 1 aliphatic heterocycles. The molecule has 1 aromatic carbocycles. The number of likely N-dealkylation sites (tertiary alicyclic amines) is 1. The van der Waals surface area contributed by atoms with Gasteiger partial charge in [0.1, 0.15) is 23.1 Å². The van der Waals surface area contributed by atoms with Crippen molar-refractivity contribution in [2.75, 3.05) is 13.1 Å². The van der Waals surface area contributed by atoms with Crippen LogP contribution in [0, 0.1) is 0 Å². The molecule has 0 spiro atoms. The third-order valence-electron chi connectivity index (χ3n) is 5.33. The molecule has 1 amide bonds. The smallest absolute Gasteiger partial charge is 0.410 e. The van der Waals surface area contributed by atoms with Crippen LogP contribution in [-0.2, 0) is 4.74 Å². The van der Waals surface area contributed by atoms with Crippen molar-refractivity contribution < 1.29 is 18.7 Å². The molecule has 33 heavy (non-hydrogen) atoms. The quantitative estimate of drug-likeness (QED) is 0.435. The minimum absolute atomic E-state index is 0.0976. The summed E-state index contributed by atoms with van der Waals surface area (Å²) in [6.45, 7) is 6.76. The number of rotatable bonds is 3. The Morgan fingerprint density at radius 3 is 2.76 bits per heavy atom. The number of hydrogen-bond donors (Lipinski definition) is 0. The summed E-state index contributed by atoms with van der Waals surface area (Å²) in [5.41, 5.74) is 0.623. The van der Waals surface area contributed by atoms with E-state index in [0.717, 1.165) is 28.9 Å². The highest BCUT2D eigenvalue weighted by Gasteiger charge is 2.29. The number of fused-ring (bicyclic) bond motifs is 2. The molecule has 4 heterocycles. The van der Waals surface area contributed by atoms with Crippen molar-refractivity contribution in [3.05, 3.63) is 40.5 Å². The molecule has 0 atom stereocenters. The fraction of sp³-hybridized carbons (Fsp3) is 0.409. The van der Waals surface area contributed by atoms with Gasteiger partial charge in [0.05, 0.1) is 16.9 Å². The van der Waals surface area contributed by atoms with Crippen LogP contribution >= 0.6 is 11.3 Å². The van der Waals surface area contributed by atoms with E-state index in [-0.39, 0.29) is 17.1 Å². The van der Waals surface area contributed by atoms with Crippen LogP contribution in [0.2, 0.25) is 0 Å². The number of carbonyl (C=O) groups is 1. The highest BCUT2D eigenvalue weighted by Crippen LogP contribution is 2.32. The van der Waals surface area contributed by atoms with E-state index in [0.29, 0.717) is 41.3 Å². The summed E-state index contributed by atoms with van der Waals surface area (Å²) in [5.74, 6) is 0.872. The Morgan fingerprint density at radius 2 is 2.00 bits per heavy atom. The molecule has 0 aliphatic carbocycles. The van der Waals surface area contributed by atoms with Gasteiger partial charge in [-0.05, 0) is 45.7 Å². The first-order chi connectivity index (χ1) is 15.8. The van der Waals surface area contributed by atoms with Crippen LogP contribution in [0.25, 0.3) is 21.3 Å². The molecule has 0 N–H and O–H groups in total. The predicted molar refractivity (Wildman–Crippen MR) is 122 cm³/mol. The molecule has 0 radical (unpaired) electrons. The van der Waals surface area contributed by atoms with Gasteiger partial charge in [0.2, 0.25) is 5.88 Å². The zero-order valence-electron chi connectivity index (χ0n) is 18.5. The Labute approximate surface area is 192 Å². The van der Waals surface area contributed by atoms with Gasteiger partial charge in [-0.3, -0.25) is 0 Å². The Kier molecular flexibility index (Phi) is 5.28. The summed E-state index contributed by atoms with van der Waals surface area (Å²) >= 11 is 1.04. The van der Waals surface area contributed by atoms with E-state index >= 15 is 0 Å². The number of benzene rings is 1. The van der Waals surface area contributed by atoms with Crippen LogP contribution in [0.5, 0.6) is 11.6 Å². The maximum absolute atomic E-state index is 12.3. The molecular formula is C22H23N5O5S. The van der Waals surface area contributed by atoms with Gasteiger partial charge in [0.15, 0.2) is 11.2 Å². The van der Waals surface area contributed by atoms with Gasteiger partial charge in [0, 0.05) is 19.2 Å². The summed E-state index contributed by atoms with van der Waals surface area (Å²) in [7, 11) is 0.